The smallest absolute Gasteiger partial charge is 0.312 e. The monoisotopic (exact) mass is 316 g/mol. The lowest BCUT2D eigenvalue weighted by atomic mass is 10.0. The molecule has 1 saturated heterocycles. The minimum Gasteiger partial charge on any atom is -0.352 e. The van der Waals surface area contributed by atoms with Gasteiger partial charge >= 0.3 is 6.03 Å². The van der Waals surface area contributed by atoms with E-state index < -0.39 is 18.0 Å². The first-order valence-electron chi connectivity index (χ1n) is 7.25. The molecule has 1 aromatic carbocycles. The number of rotatable bonds is 3. The molecule has 0 aromatic heterocycles. The van der Waals surface area contributed by atoms with Gasteiger partial charge in [0.2, 0.25) is 11.8 Å². The van der Waals surface area contributed by atoms with E-state index in [9.17, 15) is 19.2 Å². The lowest BCUT2D eigenvalue weighted by molar-refractivity contribution is -0.136. The maximum atomic E-state index is 12.5. The van der Waals surface area contributed by atoms with E-state index in [2.05, 4.69) is 10.6 Å². The molecule has 120 valence electrons. The molecule has 1 unspecified atom stereocenters. The van der Waals surface area contributed by atoms with Crippen molar-refractivity contribution in [2.45, 2.75) is 32.0 Å². The molecule has 2 aliphatic heterocycles. The highest BCUT2D eigenvalue weighted by Gasteiger charge is 2.38. The van der Waals surface area contributed by atoms with E-state index in [1.54, 1.807) is 12.1 Å². The second-order valence-corrected chi connectivity index (χ2v) is 5.61. The van der Waals surface area contributed by atoms with Crippen LogP contribution in [0.1, 0.15) is 34.3 Å². The quantitative estimate of drug-likeness (QED) is 0.658. The predicted octanol–water partition coefficient (Wildman–Crippen LogP) is -0.384. The Hall–Kier alpha value is -2.90. The average molecular weight is 316 g/mol. The molecule has 1 aromatic rings. The van der Waals surface area contributed by atoms with Crippen LogP contribution in [0, 0.1) is 0 Å². The van der Waals surface area contributed by atoms with Crippen molar-refractivity contribution in [3.8, 4) is 0 Å². The van der Waals surface area contributed by atoms with Gasteiger partial charge in [0.1, 0.15) is 6.04 Å². The van der Waals surface area contributed by atoms with Crippen molar-refractivity contribution in [1.29, 1.82) is 0 Å². The van der Waals surface area contributed by atoms with Crippen LogP contribution in [0.3, 0.4) is 0 Å². The summed E-state index contributed by atoms with van der Waals surface area (Å²) in [6.07, 6.45) is 0.560. The number of piperidine rings is 1. The normalized spacial score (nSPS) is 20.3. The molecule has 0 aliphatic carbocycles. The minimum atomic E-state index is -0.625. The number of hydrogen-bond donors (Lipinski definition) is 3. The Morgan fingerprint density at radius 1 is 1.35 bits per heavy atom. The number of primary amides is 1. The molecule has 0 radical (unpaired) electrons. The zero-order valence-electron chi connectivity index (χ0n) is 12.3. The Balaban J connectivity index is 1.77. The number of nitrogens with two attached hydrogens (primary N) is 1. The van der Waals surface area contributed by atoms with E-state index in [0.29, 0.717) is 18.5 Å². The number of hydrogen-bond acceptors (Lipinski definition) is 4. The number of fused-ring (bicyclic) bond motifs is 1. The summed E-state index contributed by atoms with van der Waals surface area (Å²) in [6.45, 7) is 0.583. The van der Waals surface area contributed by atoms with Crippen LogP contribution in [0.4, 0.5) is 4.79 Å². The fourth-order valence-corrected chi connectivity index (χ4v) is 2.93. The van der Waals surface area contributed by atoms with Gasteiger partial charge in [-0.2, -0.15) is 0 Å². The first-order valence-corrected chi connectivity index (χ1v) is 7.25. The summed E-state index contributed by atoms with van der Waals surface area (Å²) in [5.41, 5.74) is 7.19. The van der Waals surface area contributed by atoms with Crippen LogP contribution in [0.25, 0.3) is 0 Å². The molecule has 1 atom stereocenters. The van der Waals surface area contributed by atoms with Crippen LogP contribution in [-0.4, -0.2) is 34.7 Å². The Morgan fingerprint density at radius 3 is 2.83 bits per heavy atom. The van der Waals surface area contributed by atoms with Gasteiger partial charge in [-0.05, 0) is 23.6 Å². The SMILES string of the molecule is NC(=O)NCc1ccc2c(c1)CN(C1CCC(=O)NC1=O)C2=O. The third kappa shape index (κ3) is 2.87. The highest BCUT2D eigenvalue weighted by molar-refractivity contribution is 6.05. The highest BCUT2D eigenvalue weighted by Crippen LogP contribution is 2.28. The fraction of sp³-hybridized carbons (Fsp3) is 0.333. The number of nitrogens with zero attached hydrogens (tertiary/aromatic N) is 1. The van der Waals surface area contributed by atoms with Gasteiger partial charge < -0.3 is 16.0 Å². The van der Waals surface area contributed by atoms with Gasteiger partial charge in [0.15, 0.2) is 0 Å². The topological polar surface area (TPSA) is 122 Å². The number of carbonyl (C=O) groups excluding carboxylic acids is 4. The molecule has 4 N–H and O–H groups in total. The molecule has 3 rings (SSSR count). The predicted molar refractivity (Wildman–Crippen MR) is 78.9 cm³/mol. The number of carbonyl (C=O) groups is 4. The molecule has 2 aliphatic rings. The molecule has 8 nitrogen and oxygen atoms in total. The van der Waals surface area contributed by atoms with Crippen LogP contribution in [0.5, 0.6) is 0 Å². The zero-order valence-corrected chi connectivity index (χ0v) is 12.3. The largest absolute Gasteiger partial charge is 0.352 e. The third-order valence-corrected chi connectivity index (χ3v) is 4.05. The van der Waals surface area contributed by atoms with Gasteiger partial charge in [0.05, 0.1) is 0 Å². The van der Waals surface area contributed by atoms with Crippen molar-refractivity contribution < 1.29 is 19.2 Å². The van der Waals surface area contributed by atoms with Crippen LogP contribution < -0.4 is 16.4 Å². The minimum absolute atomic E-state index is 0.219. The molecule has 8 heteroatoms. The molecule has 0 spiro atoms. The summed E-state index contributed by atoms with van der Waals surface area (Å²) in [5, 5.41) is 4.75. The summed E-state index contributed by atoms with van der Waals surface area (Å²) < 4.78 is 0. The van der Waals surface area contributed by atoms with Gasteiger partial charge in [-0.15, -0.1) is 0 Å². The second-order valence-electron chi connectivity index (χ2n) is 5.61. The molecule has 5 amide bonds. The third-order valence-electron chi connectivity index (χ3n) is 4.05. The van der Waals surface area contributed by atoms with E-state index in [0.717, 1.165) is 11.1 Å². The molecule has 0 bridgehead atoms. The van der Waals surface area contributed by atoms with Crippen LogP contribution in [0.2, 0.25) is 0 Å². The highest BCUT2D eigenvalue weighted by atomic mass is 16.2. The van der Waals surface area contributed by atoms with E-state index in [4.69, 9.17) is 5.73 Å². The van der Waals surface area contributed by atoms with Crippen molar-refractivity contribution in [1.82, 2.24) is 15.5 Å². The summed E-state index contributed by atoms with van der Waals surface area (Å²) in [5.74, 6) is -0.961. The van der Waals surface area contributed by atoms with Gasteiger partial charge in [-0.25, -0.2) is 4.79 Å². The zero-order chi connectivity index (χ0) is 16.6. The second kappa shape index (κ2) is 5.71. The van der Waals surface area contributed by atoms with Gasteiger partial charge in [0.25, 0.3) is 5.91 Å². The van der Waals surface area contributed by atoms with Crippen molar-refractivity contribution in [2.24, 2.45) is 5.73 Å². The number of imide groups is 1. The molecule has 23 heavy (non-hydrogen) atoms. The maximum absolute atomic E-state index is 12.5. The van der Waals surface area contributed by atoms with Crippen LogP contribution in [0.15, 0.2) is 18.2 Å². The van der Waals surface area contributed by atoms with Crippen LogP contribution in [-0.2, 0) is 22.7 Å². The van der Waals surface area contributed by atoms with Gasteiger partial charge in [-0.3, -0.25) is 19.7 Å². The lowest BCUT2D eigenvalue weighted by Crippen LogP contribution is -2.52. The summed E-state index contributed by atoms with van der Waals surface area (Å²) in [6, 6.07) is 3.99. The van der Waals surface area contributed by atoms with Crippen molar-refractivity contribution in [3.63, 3.8) is 0 Å². The average Bonchev–Trinajstić information content (AvgIpc) is 2.82. The molecular weight excluding hydrogens is 300 g/mol. The maximum Gasteiger partial charge on any atom is 0.312 e. The van der Waals surface area contributed by atoms with Gasteiger partial charge in [0, 0.05) is 25.1 Å². The van der Waals surface area contributed by atoms with Crippen molar-refractivity contribution in [2.75, 3.05) is 0 Å². The standard InChI is InChI=1S/C15H16N4O4/c16-15(23)17-6-8-1-2-10-9(5-8)7-19(14(10)22)11-3-4-12(20)18-13(11)21/h1-2,5,11H,3-4,6-7H2,(H3,16,17,23)(H,18,20,21). The fourth-order valence-electron chi connectivity index (χ4n) is 2.93. The van der Waals surface area contributed by atoms with E-state index in [1.165, 1.54) is 4.90 Å². The molecule has 2 heterocycles. The summed E-state index contributed by atoms with van der Waals surface area (Å²) in [4.78, 5) is 47.9. The number of benzene rings is 1. The van der Waals surface area contributed by atoms with Crippen molar-refractivity contribution >= 4 is 23.8 Å². The van der Waals surface area contributed by atoms with Gasteiger partial charge in [-0.1, -0.05) is 12.1 Å². The number of amides is 5. The number of urea groups is 1. The molecule has 0 saturated carbocycles. The van der Waals surface area contributed by atoms with E-state index in [1.807, 2.05) is 6.07 Å². The van der Waals surface area contributed by atoms with E-state index >= 15 is 0 Å². The Morgan fingerprint density at radius 2 is 2.13 bits per heavy atom. The first kappa shape index (κ1) is 15.0. The van der Waals surface area contributed by atoms with Crippen molar-refractivity contribution in [3.05, 3.63) is 34.9 Å². The summed E-state index contributed by atoms with van der Waals surface area (Å²) in [7, 11) is 0. The van der Waals surface area contributed by atoms with E-state index in [-0.39, 0.29) is 24.8 Å². The first-order chi connectivity index (χ1) is 11.0. The summed E-state index contributed by atoms with van der Waals surface area (Å²) >= 11 is 0. The lowest BCUT2D eigenvalue weighted by Gasteiger charge is -2.29. The Bertz CT molecular complexity index is 715. The molecular formula is C15H16N4O4. The Labute approximate surface area is 132 Å². The Kier molecular flexibility index (Phi) is 3.73. The number of nitrogens with one attached hydrogen (secondary N) is 2. The van der Waals surface area contributed by atoms with Crippen LogP contribution >= 0.6 is 0 Å². The molecule has 1 fully saturated rings.